The van der Waals surface area contributed by atoms with Gasteiger partial charge in [-0.25, -0.2) is 5.01 Å². The molecule has 0 saturated heterocycles. The van der Waals surface area contributed by atoms with Crippen LogP contribution in [0.1, 0.15) is 24.2 Å². The standard InChI is InChI=1S/C18H27N9O2/c1-21-18(29)15(19)12-27(20)9-3-2-4-13-5-6-16(26-25-13)24-17(28)10-14-11-22-7-8-23-14/h5-8,11,15H,2-4,9-10,12,19-20H2,1H3,(H,21,29)(H,24,26,28). The molecule has 2 rings (SSSR count). The number of amides is 2. The van der Waals surface area contributed by atoms with Gasteiger partial charge >= 0.3 is 0 Å². The van der Waals surface area contributed by atoms with Crippen molar-refractivity contribution >= 4 is 17.6 Å². The van der Waals surface area contributed by atoms with E-state index in [-0.39, 0.29) is 18.2 Å². The largest absolute Gasteiger partial charge is 0.358 e. The summed E-state index contributed by atoms with van der Waals surface area (Å²) in [5, 5.41) is 14.9. The topological polar surface area (TPSA) is 165 Å². The van der Waals surface area contributed by atoms with Crippen molar-refractivity contribution in [2.45, 2.75) is 31.7 Å². The fraction of sp³-hybridized carbons (Fsp3) is 0.444. The fourth-order valence-electron chi connectivity index (χ4n) is 2.57. The first-order chi connectivity index (χ1) is 14.0. The van der Waals surface area contributed by atoms with Gasteiger partial charge in [0.15, 0.2) is 5.82 Å². The van der Waals surface area contributed by atoms with E-state index >= 15 is 0 Å². The van der Waals surface area contributed by atoms with Crippen LogP contribution in [0.15, 0.2) is 30.7 Å². The molecule has 0 aliphatic heterocycles. The second kappa shape index (κ2) is 11.7. The zero-order chi connectivity index (χ0) is 21.1. The van der Waals surface area contributed by atoms with E-state index in [4.69, 9.17) is 11.6 Å². The van der Waals surface area contributed by atoms with Crippen LogP contribution in [-0.4, -0.2) is 63.2 Å². The summed E-state index contributed by atoms with van der Waals surface area (Å²) >= 11 is 0. The van der Waals surface area contributed by atoms with Crippen molar-refractivity contribution < 1.29 is 9.59 Å². The van der Waals surface area contributed by atoms with Crippen LogP contribution in [0.4, 0.5) is 5.82 Å². The molecule has 0 aliphatic carbocycles. The summed E-state index contributed by atoms with van der Waals surface area (Å²) in [6.45, 7) is 0.914. The van der Waals surface area contributed by atoms with Crippen LogP contribution in [0, 0.1) is 0 Å². The molecule has 1 unspecified atom stereocenters. The first kappa shape index (κ1) is 22.3. The average Bonchev–Trinajstić information content (AvgIpc) is 2.72. The van der Waals surface area contributed by atoms with Gasteiger partial charge in [0.25, 0.3) is 0 Å². The van der Waals surface area contributed by atoms with Gasteiger partial charge in [0.1, 0.15) is 0 Å². The molecule has 0 radical (unpaired) electrons. The number of hydrogen-bond donors (Lipinski definition) is 4. The summed E-state index contributed by atoms with van der Waals surface area (Å²) in [5.41, 5.74) is 7.13. The smallest absolute Gasteiger partial charge is 0.238 e. The molecule has 2 aromatic rings. The number of likely N-dealkylation sites (N-methyl/N-ethyl adjacent to an activating group) is 1. The van der Waals surface area contributed by atoms with E-state index in [0.29, 0.717) is 24.6 Å². The molecule has 156 valence electrons. The average molecular weight is 401 g/mol. The highest BCUT2D eigenvalue weighted by Crippen LogP contribution is 2.06. The quantitative estimate of drug-likeness (QED) is 0.210. The molecule has 0 spiro atoms. The zero-order valence-corrected chi connectivity index (χ0v) is 16.4. The van der Waals surface area contributed by atoms with Crippen molar-refractivity contribution in [2.75, 3.05) is 25.5 Å². The maximum atomic E-state index is 12.0. The normalized spacial score (nSPS) is 11.9. The SMILES string of the molecule is CNC(=O)C(N)CN(N)CCCCc1ccc(NC(=O)Cc2cnccn2)nn1. The van der Waals surface area contributed by atoms with Crippen molar-refractivity contribution in [1.29, 1.82) is 0 Å². The summed E-state index contributed by atoms with van der Waals surface area (Å²) in [4.78, 5) is 31.3. The number of carbonyl (C=O) groups is 2. The van der Waals surface area contributed by atoms with E-state index < -0.39 is 6.04 Å². The molecule has 0 fully saturated rings. The van der Waals surface area contributed by atoms with Crippen LogP contribution < -0.4 is 22.2 Å². The number of unbranched alkanes of at least 4 members (excludes halogenated alkanes) is 1. The maximum absolute atomic E-state index is 12.0. The van der Waals surface area contributed by atoms with Gasteiger partial charge in [-0.1, -0.05) is 0 Å². The van der Waals surface area contributed by atoms with Gasteiger partial charge in [-0.2, -0.15) is 5.10 Å². The molecular weight excluding hydrogens is 374 g/mol. The van der Waals surface area contributed by atoms with Gasteiger partial charge in [-0.05, 0) is 31.4 Å². The molecule has 2 heterocycles. The Bertz CT molecular complexity index is 771. The Labute approximate surface area is 169 Å². The van der Waals surface area contributed by atoms with Crippen molar-refractivity contribution in [2.24, 2.45) is 11.6 Å². The third-order valence-corrected chi connectivity index (χ3v) is 4.09. The monoisotopic (exact) mass is 401 g/mol. The zero-order valence-electron chi connectivity index (χ0n) is 16.4. The van der Waals surface area contributed by atoms with Gasteiger partial charge in [-0.3, -0.25) is 25.4 Å². The van der Waals surface area contributed by atoms with Crippen LogP contribution in [-0.2, 0) is 22.4 Å². The minimum Gasteiger partial charge on any atom is -0.358 e. The molecule has 2 aromatic heterocycles. The predicted octanol–water partition coefficient (Wildman–Crippen LogP) is -0.980. The van der Waals surface area contributed by atoms with E-state index in [9.17, 15) is 9.59 Å². The molecule has 0 bridgehead atoms. The van der Waals surface area contributed by atoms with Gasteiger partial charge in [0.05, 0.1) is 23.9 Å². The minimum absolute atomic E-state index is 0.121. The lowest BCUT2D eigenvalue weighted by molar-refractivity contribution is -0.122. The highest BCUT2D eigenvalue weighted by Gasteiger charge is 2.14. The highest BCUT2D eigenvalue weighted by molar-refractivity contribution is 5.90. The Kier molecular flexibility index (Phi) is 9.02. The third kappa shape index (κ3) is 8.25. The van der Waals surface area contributed by atoms with Crippen LogP contribution in [0.3, 0.4) is 0 Å². The molecule has 1 atom stereocenters. The summed E-state index contributed by atoms with van der Waals surface area (Å²) in [5.74, 6) is 5.79. The van der Waals surface area contributed by atoms with Crippen molar-refractivity contribution in [3.8, 4) is 0 Å². The Hall–Kier alpha value is -3.02. The number of anilines is 1. The van der Waals surface area contributed by atoms with Gasteiger partial charge in [0.2, 0.25) is 11.8 Å². The number of aryl methyl sites for hydroxylation is 1. The summed E-state index contributed by atoms with van der Waals surface area (Å²) in [7, 11) is 1.54. The van der Waals surface area contributed by atoms with E-state index in [2.05, 4.69) is 30.8 Å². The highest BCUT2D eigenvalue weighted by atomic mass is 16.2. The van der Waals surface area contributed by atoms with E-state index in [0.717, 1.165) is 25.0 Å². The summed E-state index contributed by atoms with van der Waals surface area (Å²) in [6.07, 6.45) is 7.18. The summed E-state index contributed by atoms with van der Waals surface area (Å²) < 4.78 is 0. The first-order valence-electron chi connectivity index (χ1n) is 9.32. The number of aromatic nitrogens is 4. The first-order valence-corrected chi connectivity index (χ1v) is 9.32. The summed E-state index contributed by atoms with van der Waals surface area (Å²) in [6, 6.07) is 2.90. The Morgan fingerprint density at radius 1 is 1.17 bits per heavy atom. The van der Waals surface area contributed by atoms with Gasteiger partial charge < -0.3 is 16.4 Å². The number of rotatable bonds is 11. The van der Waals surface area contributed by atoms with Crippen molar-refractivity contribution in [3.05, 3.63) is 42.1 Å². The number of nitrogens with one attached hydrogen (secondary N) is 2. The molecule has 11 heteroatoms. The van der Waals surface area contributed by atoms with Crippen LogP contribution in [0.5, 0.6) is 0 Å². The van der Waals surface area contributed by atoms with Crippen LogP contribution >= 0.6 is 0 Å². The molecule has 6 N–H and O–H groups in total. The third-order valence-electron chi connectivity index (χ3n) is 4.09. The van der Waals surface area contributed by atoms with Crippen molar-refractivity contribution in [1.82, 2.24) is 30.5 Å². The fourth-order valence-corrected chi connectivity index (χ4v) is 2.57. The number of nitrogens with zero attached hydrogens (tertiary/aromatic N) is 5. The molecular formula is C18H27N9O2. The molecule has 29 heavy (non-hydrogen) atoms. The Morgan fingerprint density at radius 2 is 2.00 bits per heavy atom. The van der Waals surface area contributed by atoms with Gasteiger partial charge in [0, 0.05) is 38.7 Å². The van der Waals surface area contributed by atoms with E-state index in [1.54, 1.807) is 30.5 Å². The Morgan fingerprint density at radius 3 is 2.66 bits per heavy atom. The van der Waals surface area contributed by atoms with Crippen LogP contribution in [0.25, 0.3) is 0 Å². The lowest BCUT2D eigenvalue weighted by atomic mass is 10.2. The molecule has 0 saturated carbocycles. The lowest BCUT2D eigenvalue weighted by Gasteiger charge is -2.19. The number of carbonyl (C=O) groups excluding carboxylic acids is 2. The van der Waals surface area contributed by atoms with Crippen LogP contribution in [0.2, 0.25) is 0 Å². The maximum Gasteiger partial charge on any atom is 0.238 e. The molecule has 0 aromatic carbocycles. The molecule has 11 nitrogen and oxygen atoms in total. The van der Waals surface area contributed by atoms with E-state index in [1.807, 2.05) is 6.07 Å². The minimum atomic E-state index is -0.646. The van der Waals surface area contributed by atoms with Gasteiger partial charge in [-0.15, -0.1) is 5.10 Å². The molecule has 2 amide bonds. The number of nitrogens with two attached hydrogens (primary N) is 2. The Balaban J connectivity index is 1.67. The second-order valence-corrected chi connectivity index (χ2v) is 6.50. The van der Waals surface area contributed by atoms with E-state index in [1.165, 1.54) is 6.20 Å². The lowest BCUT2D eigenvalue weighted by Crippen LogP contribution is -2.49. The predicted molar refractivity (Wildman–Crippen MR) is 107 cm³/mol. The number of hydrogen-bond acceptors (Lipinski definition) is 9. The second-order valence-electron chi connectivity index (χ2n) is 6.50. The molecule has 0 aliphatic rings. The number of hydrazine groups is 1. The van der Waals surface area contributed by atoms with Crippen molar-refractivity contribution in [3.63, 3.8) is 0 Å².